The second kappa shape index (κ2) is 9.15. The SMILES string of the molecule is CCCN1C[C@@H](CC(=O)N(C)Cc2ccccc2)C[C@@H]2CC3(CC[C@H]21)OCCO3. The van der Waals surface area contributed by atoms with Crippen LogP contribution in [0.5, 0.6) is 0 Å². The number of benzene rings is 1. The number of hydrogen-bond acceptors (Lipinski definition) is 4. The average molecular weight is 401 g/mol. The Kier molecular flexibility index (Phi) is 6.57. The van der Waals surface area contributed by atoms with Crippen molar-refractivity contribution < 1.29 is 14.3 Å². The molecule has 0 bridgehead atoms. The maximum atomic E-state index is 12.9. The van der Waals surface area contributed by atoms with Crippen molar-refractivity contribution in [2.24, 2.45) is 11.8 Å². The number of amides is 1. The van der Waals surface area contributed by atoms with E-state index in [9.17, 15) is 4.79 Å². The number of carbonyl (C=O) groups excluding carboxylic acids is 1. The summed E-state index contributed by atoms with van der Waals surface area (Å²) in [6.45, 7) is 6.56. The molecule has 0 radical (unpaired) electrons. The van der Waals surface area contributed by atoms with Gasteiger partial charge in [0.05, 0.1) is 13.2 Å². The van der Waals surface area contributed by atoms with Crippen LogP contribution in [-0.4, -0.2) is 60.9 Å². The van der Waals surface area contributed by atoms with E-state index in [1.807, 2.05) is 30.1 Å². The van der Waals surface area contributed by atoms with Gasteiger partial charge in [-0.2, -0.15) is 0 Å². The Balaban J connectivity index is 1.38. The molecule has 1 aromatic rings. The monoisotopic (exact) mass is 400 g/mol. The van der Waals surface area contributed by atoms with Crippen LogP contribution < -0.4 is 0 Å². The van der Waals surface area contributed by atoms with Crippen LogP contribution in [0, 0.1) is 11.8 Å². The molecule has 0 N–H and O–H groups in total. The second-order valence-corrected chi connectivity index (χ2v) is 9.21. The molecule has 1 spiro atoms. The van der Waals surface area contributed by atoms with Gasteiger partial charge in [0.25, 0.3) is 0 Å². The van der Waals surface area contributed by atoms with Crippen LogP contribution in [0.2, 0.25) is 0 Å². The van der Waals surface area contributed by atoms with Crippen molar-refractivity contribution in [3.63, 3.8) is 0 Å². The summed E-state index contributed by atoms with van der Waals surface area (Å²) >= 11 is 0. The summed E-state index contributed by atoms with van der Waals surface area (Å²) < 4.78 is 12.1. The van der Waals surface area contributed by atoms with E-state index in [4.69, 9.17) is 9.47 Å². The number of ether oxygens (including phenoxy) is 2. The van der Waals surface area contributed by atoms with E-state index >= 15 is 0 Å². The lowest BCUT2D eigenvalue weighted by atomic mass is 9.72. The van der Waals surface area contributed by atoms with Crippen molar-refractivity contribution in [2.45, 2.75) is 63.8 Å². The first-order valence-corrected chi connectivity index (χ1v) is 11.4. The van der Waals surface area contributed by atoms with Gasteiger partial charge < -0.3 is 14.4 Å². The lowest BCUT2D eigenvalue weighted by molar-refractivity contribution is -0.203. The quantitative estimate of drug-likeness (QED) is 0.731. The van der Waals surface area contributed by atoms with E-state index in [1.165, 1.54) is 5.56 Å². The molecule has 1 amide bonds. The normalized spacial score (nSPS) is 29.0. The van der Waals surface area contributed by atoms with Crippen molar-refractivity contribution in [1.82, 2.24) is 9.80 Å². The summed E-state index contributed by atoms with van der Waals surface area (Å²) in [6.07, 6.45) is 6.07. The molecule has 3 fully saturated rings. The molecular formula is C24H36N2O3. The van der Waals surface area contributed by atoms with Crippen LogP contribution in [0.1, 0.15) is 51.0 Å². The first-order chi connectivity index (χ1) is 14.1. The molecule has 3 aliphatic rings. The third-order valence-corrected chi connectivity index (χ3v) is 7.01. The standard InChI is InChI=1S/C24H36N2O3/c1-3-11-26-18-20(15-23(27)25(2)17-19-7-5-4-6-8-19)14-21-16-24(10-9-22(21)26)28-12-13-29-24/h4-8,20-22H,3,9-18H2,1-2H3/t20-,21-,22-/m1/s1. The zero-order chi connectivity index (χ0) is 20.3. The third kappa shape index (κ3) is 4.84. The van der Waals surface area contributed by atoms with Gasteiger partial charge in [-0.25, -0.2) is 0 Å². The summed E-state index contributed by atoms with van der Waals surface area (Å²) in [4.78, 5) is 17.5. The van der Waals surface area contributed by atoms with E-state index in [-0.39, 0.29) is 11.7 Å². The summed E-state index contributed by atoms with van der Waals surface area (Å²) in [5, 5.41) is 0. The Hall–Kier alpha value is -1.43. The van der Waals surface area contributed by atoms with Crippen molar-refractivity contribution >= 4 is 5.91 Å². The van der Waals surface area contributed by atoms with Crippen LogP contribution in [0.15, 0.2) is 30.3 Å². The predicted molar refractivity (Wildman–Crippen MR) is 113 cm³/mol. The molecule has 160 valence electrons. The molecule has 29 heavy (non-hydrogen) atoms. The summed E-state index contributed by atoms with van der Waals surface area (Å²) in [6, 6.07) is 10.9. The van der Waals surface area contributed by atoms with Gasteiger partial charge in [-0.15, -0.1) is 0 Å². The number of carbonyl (C=O) groups is 1. The number of likely N-dealkylation sites (tertiary alicyclic amines) is 1. The fourth-order valence-electron chi connectivity index (χ4n) is 5.73. The van der Waals surface area contributed by atoms with Gasteiger partial charge in [-0.05, 0) is 43.2 Å². The minimum absolute atomic E-state index is 0.257. The fourth-order valence-corrected chi connectivity index (χ4v) is 5.73. The molecule has 0 aromatic heterocycles. The topological polar surface area (TPSA) is 42.0 Å². The smallest absolute Gasteiger partial charge is 0.222 e. The summed E-state index contributed by atoms with van der Waals surface area (Å²) in [7, 11) is 1.93. The van der Waals surface area contributed by atoms with E-state index in [0.717, 1.165) is 58.4 Å². The molecule has 2 aliphatic heterocycles. The molecule has 5 nitrogen and oxygen atoms in total. The van der Waals surface area contributed by atoms with Crippen molar-refractivity contribution in [3.8, 4) is 0 Å². The van der Waals surface area contributed by atoms with Gasteiger partial charge in [0.2, 0.25) is 5.91 Å². The van der Waals surface area contributed by atoms with Crippen molar-refractivity contribution in [3.05, 3.63) is 35.9 Å². The lowest BCUT2D eigenvalue weighted by Crippen LogP contribution is -2.55. The van der Waals surface area contributed by atoms with Crippen molar-refractivity contribution in [1.29, 1.82) is 0 Å². The third-order valence-electron chi connectivity index (χ3n) is 7.01. The van der Waals surface area contributed by atoms with Gasteiger partial charge in [0.15, 0.2) is 5.79 Å². The highest BCUT2D eigenvalue weighted by Gasteiger charge is 2.48. The fraction of sp³-hybridized carbons (Fsp3) is 0.708. The Labute approximate surface area is 175 Å². The molecular weight excluding hydrogens is 364 g/mol. The number of fused-ring (bicyclic) bond motifs is 1. The van der Waals surface area contributed by atoms with Crippen molar-refractivity contribution in [2.75, 3.05) is 33.4 Å². The average Bonchev–Trinajstić information content (AvgIpc) is 3.16. The summed E-state index contributed by atoms with van der Waals surface area (Å²) in [5.41, 5.74) is 1.18. The maximum Gasteiger partial charge on any atom is 0.222 e. The van der Waals surface area contributed by atoms with Gasteiger partial charge in [0, 0.05) is 45.4 Å². The molecule has 3 atom stereocenters. The first-order valence-electron chi connectivity index (χ1n) is 11.4. The van der Waals surface area contributed by atoms with E-state index in [2.05, 4.69) is 24.0 Å². The first kappa shape index (κ1) is 20.8. The van der Waals surface area contributed by atoms with Crippen LogP contribution in [0.25, 0.3) is 0 Å². The number of hydrogen-bond donors (Lipinski definition) is 0. The number of nitrogens with zero attached hydrogens (tertiary/aromatic N) is 2. The van der Waals surface area contributed by atoms with Crippen LogP contribution in [0.3, 0.4) is 0 Å². The molecule has 2 saturated heterocycles. The predicted octanol–water partition coefficient (Wildman–Crippen LogP) is 3.68. The zero-order valence-corrected chi connectivity index (χ0v) is 18.0. The van der Waals surface area contributed by atoms with E-state index in [0.29, 0.717) is 30.8 Å². The minimum Gasteiger partial charge on any atom is -0.348 e. The van der Waals surface area contributed by atoms with E-state index in [1.54, 1.807) is 0 Å². The second-order valence-electron chi connectivity index (χ2n) is 9.21. The Morgan fingerprint density at radius 3 is 2.72 bits per heavy atom. The van der Waals surface area contributed by atoms with Crippen LogP contribution in [-0.2, 0) is 20.8 Å². The molecule has 1 aromatic carbocycles. The number of rotatable bonds is 6. The zero-order valence-electron chi connectivity index (χ0n) is 18.0. The van der Waals surface area contributed by atoms with Gasteiger partial charge in [0.1, 0.15) is 0 Å². The molecule has 1 saturated carbocycles. The van der Waals surface area contributed by atoms with Gasteiger partial charge >= 0.3 is 0 Å². The minimum atomic E-state index is -0.338. The molecule has 1 aliphatic carbocycles. The number of piperidine rings is 1. The molecule has 4 rings (SSSR count). The maximum absolute atomic E-state index is 12.9. The Morgan fingerprint density at radius 2 is 2.00 bits per heavy atom. The highest BCUT2D eigenvalue weighted by molar-refractivity contribution is 5.76. The highest BCUT2D eigenvalue weighted by Crippen LogP contribution is 2.45. The molecule has 2 heterocycles. The Morgan fingerprint density at radius 1 is 1.24 bits per heavy atom. The van der Waals surface area contributed by atoms with Crippen LogP contribution >= 0.6 is 0 Å². The van der Waals surface area contributed by atoms with Gasteiger partial charge in [-0.1, -0.05) is 37.3 Å². The molecule has 5 heteroatoms. The highest BCUT2D eigenvalue weighted by atomic mass is 16.7. The lowest BCUT2D eigenvalue weighted by Gasteiger charge is -2.51. The largest absolute Gasteiger partial charge is 0.348 e. The summed E-state index contributed by atoms with van der Waals surface area (Å²) in [5.74, 6) is 0.909. The Bertz CT molecular complexity index is 674. The van der Waals surface area contributed by atoms with E-state index < -0.39 is 0 Å². The molecule has 0 unspecified atom stereocenters. The van der Waals surface area contributed by atoms with Crippen LogP contribution in [0.4, 0.5) is 0 Å². The van der Waals surface area contributed by atoms with Gasteiger partial charge in [-0.3, -0.25) is 9.69 Å².